The first-order valence-electron chi connectivity index (χ1n) is 7.39. The van der Waals surface area contributed by atoms with E-state index in [2.05, 4.69) is 17.2 Å². The quantitative estimate of drug-likeness (QED) is 0.772. The van der Waals surface area contributed by atoms with E-state index in [0.717, 1.165) is 11.8 Å². The first-order chi connectivity index (χ1) is 11.4. The number of carbonyl (C=O) groups is 3. The molecule has 0 aromatic heterocycles. The summed E-state index contributed by atoms with van der Waals surface area (Å²) in [5, 5.41) is 5.88. The van der Waals surface area contributed by atoms with E-state index in [9.17, 15) is 14.4 Å². The van der Waals surface area contributed by atoms with Crippen LogP contribution in [0.4, 0.5) is 11.4 Å². The van der Waals surface area contributed by atoms with Crippen molar-refractivity contribution in [1.82, 2.24) is 10.2 Å². The standard InChI is InChI=1S/C16H19ClN4O3/c1-3-16(24)20(2)9-15(23)19-11-4-5-13(12(17)8-11)21-7-6-18-14(22)10-21/h3-5,8H,1,6-7,9-10H2,2H3,(H,18,22)(H,19,23). The van der Waals surface area contributed by atoms with Gasteiger partial charge in [-0.05, 0) is 24.3 Å². The number of likely N-dealkylation sites (N-methyl/N-ethyl adjacent to an activating group) is 1. The predicted molar refractivity (Wildman–Crippen MR) is 93.1 cm³/mol. The lowest BCUT2D eigenvalue weighted by Crippen LogP contribution is -2.47. The van der Waals surface area contributed by atoms with Gasteiger partial charge in [0.1, 0.15) is 0 Å². The molecular formula is C16H19ClN4O3. The molecule has 2 rings (SSSR count). The molecule has 0 radical (unpaired) electrons. The van der Waals surface area contributed by atoms with Gasteiger partial charge in [-0.25, -0.2) is 0 Å². The van der Waals surface area contributed by atoms with Crippen molar-refractivity contribution in [3.05, 3.63) is 35.9 Å². The zero-order valence-electron chi connectivity index (χ0n) is 13.3. The van der Waals surface area contributed by atoms with Crippen molar-refractivity contribution in [1.29, 1.82) is 0 Å². The lowest BCUT2D eigenvalue weighted by Gasteiger charge is -2.29. The van der Waals surface area contributed by atoms with Gasteiger partial charge >= 0.3 is 0 Å². The molecule has 0 spiro atoms. The molecule has 8 heteroatoms. The topological polar surface area (TPSA) is 81.8 Å². The van der Waals surface area contributed by atoms with E-state index in [4.69, 9.17) is 11.6 Å². The van der Waals surface area contributed by atoms with Crippen LogP contribution in [0, 0.1) is 0 Å². The maximum atomic E-state index is 11.9. The fourth-order valence-corrected chi connectivity index (χ4v) is 2.64. The molecule has 1 heterocycles. The Balaban J connectivity index is 2.01. The van der Waals surface area contributed by atoms with Crippen LogP contribution in [0.15, 0.2) is 30.9 Å². The van der Waals surface area contributed by atoms with Gasteiger partial charge in [0.2, 0.25) is 17.7 Å². The van der Waals surface area contributed by atoms with E-state index in [-0.39, 0.29) is 30.8 Å². The minimum Gasteiger partial charge on any atom is -0.359 e. The molecule has 0 atom stereocenters. The molecule has 0 saturated carbocycles. The third-order valence-electron chi connectivity index (χ3n) is 3.54. The van der Waals surface area contributed by atoms with Gasteiger partial charge in [0, 0.05) is 25.8 Å². The molecule has 3 amide bonds. The number of nitrogens with zero attached hydrogens (tertiary/aromatic N) is 2. The summed E-state index contributed by atoms with van der Waals surface area (Å²) < 4.78 is 0. The Kier molecular flexibility index (Phi) is 5.81. The molecular weight excluding hydrogens is 332 g/mol. The van der Waals surface area contributed by atoms with Gasteiger partial charge in [0.15, 0.2) is 0 Å². The van der Waals surface area contributed by atoms with E-state index in [1.807, 2.05) is 4.90 Å². The van der Waals surface area contributed by atoms with E-state index < -0.39 is 0 Å². The Hall–Kier alpha value is -2.54. The number of hydrogen-bond acceptors (Lipinski definition) is 4. The maximum Gasteiger partial charge on any atom is 0.246 e. The lowest BCUT2D eigenvalue weighted by molar-refractivity contribution is -0.129. The molecule has 1 aliphatic heterocycles. The van der Waals surface area contributed by atoms with Crippen LogP contribution >= 0.6 is 11.6 Å². The van der Waals surface area contributed by atoms with Crippen LogP contribution in [0.3, 0.4) is 0 Å². The number of carbonyl (C=O) groups excluding carboxylic acids is 3. The average molecular weight is 351 g/mol. The molecule has 128 valence electrons. The smallest absolute Gasteiger partial charge is 0.246 e. The maximum absolute atomic E-state index is 11.9. The van der Waals surface area contributed by atoms with Crippen molar-refractivity contribution in [3.8, 4) is 0 Å². The number of hydrogen-bond donors (Lipinski definition) is 2. The second-order valence-electron chi connectivity index (χ2n) is 5.38. The van der Waals surface area contributed by atoms with Crippen LogP contribution in [-0.2, 0) is 14.4 Å². The highest BCUT2D eigenvalue weighted by Gasteiger charge is 2.19. The summed E-state index contributed by atoms with van der Waals surface area (Å²) in [6, 6.07) is 5.09. The minimum absolute atomic E-state index is 0.0513. The van der Waals surface area contributed by atoms with Crippen LogP contribution in [0.5, 0.6) is 0 Å². The second-order valence-corrected chi connectivity index (χ2v) is 5.79. The SMILES string of the molecule is C=CC(=O)N(C)CC(=O)Nc1ccc(N2CCNC(=O)C2)c(Cl)c1. The Morgan fingerprint density at radius 2 is 2.25 bits per heavy atom. The van der Waals surface area contributed by atoms with Gasteiger partial charge in [0.05, 0.1) is 23.8 Å². The number of benzene rings is 1. The van der Waals surface area contributed by atoms with Crippen molar-refractivity contribution in [2.75, 3.05) is 43.4 Å². The minimum atomic E-state index is -0.339. The van der Waals surface area contributed by atoms with Gasteiger partial charge < -0.3 is 20.4 Å². The number of nitrogens with one attached hydrogen (secondary N) is 2. The lowest BCUT2D eigenvalue weighted by atomic mass is 10.2. The molecule has 1 aliphatic rings. The Labute approximate surface area is 145 Å². The van der Waals surface area contributed by atoms with Gasteiger partial charge in [-0.1, -0.05) is 18.2 Å². The summed E-state index contributed by atoms with van der Waals surface area (Å²) >= 11 is 6.27. The number of rotatable bonds is 5. The zero-order chi connectivity index (χ0) is 17.7. The normalized spacial score (nSPS) is 13.9. The van der Waals surface area contributed by atoms with Gasteiger partial charge in [-0.3, -0.25) is 14.4 Å². The van der Waals surface area contributed by atoms with Gasteiger partial charge in [-0.15, -0.1) is 0 Å². The van der Waals surface area contributed by atoms with Crippen molar-refractivity contribution < 1.29 is 14.4 Å². The zero-order valence-corrected chi connectivity index (χ0v) is 14.1. The molecule has 7 nitrogen and oxygen atoms in total. The number of amides is 3. The Morgan fingerprint density at radius 3 is 2.88 bits per heavy atom. The number of anilines is 2. The van der Waals surface area contributed by atoms with Crippen LogP contribution in [-0.4, -0.2) is 55.8 Å². The van der Waals surface area contributed by atoms with Gasteiger partial charge in [-0.2, -0.15) is 0 Å². The molecule has 1 aromatic carbocycles. The first kappa shape index (κ1) is 17.8. The summed E-state index contributed by atoms with van der Waals surface area (Å²) in [4.78, 5) is 37.9. The highest BCUT2D eigenvalue weighted by molar-refractivity contribution is 6.33. The van der Waals surface area contributed by atoms with Crippen LogP contribution in [0.25, 0.3) is 0 Å². The van der Waals surface area contributed by atoms with Crippen molar-refractivity contribution in [3.63, 3.8) is 0 Å². The van der Waals surface area contributed by atoms with E-state index in [1.54, 1.807) is 18.2 Å². The highest BCUT2D eigenvalue weighted by atomic mass is 35.5. The van der Waals surface area contributed by atoms with Crippen molar-refractivity contribution >= 4 is 40.7 Å². The monoisotopic (exact) mass is 350 g/mol. The highest BCUT2D eigenvalue weighted by Crippen LogP contribution is 2.29. The molecule has 0 bridgehead atoms. The van der Waals surface area contributed by atoms with Gasteiger partial charge in [0.25, 0.3) is 0 Å². The average Bonchev–Trinajstić information content (AvgIpc) is 2.53. The number of piperazine rings is 1. The second kappa shape index (κ2) is 7.83. The molecule has 1 saturated heterocycles. The molecule has 0 unspecified atom stereocenters. The largest absolute Gasteiger partial charge is 0.359 e. The summed E-state index contributed by atoms with van der Waals surface area (Å²) in [6.07, 6.45) is 1.15. The first-order valence-corrected chi connectivity index (χ1v) is 7.77. The number of halogens is 1. The van der Waals surface area contributed by atoms with Crippen LogP contribution in [0.1, 0.15) is 0 Å². The third kappa shape index (κ3) is 4.48. The fourth-order valence-electron chi connectivity index (χ4n) is 2.34. The van der Waals surface area contributed by atoms with Crippen LogP contribution < -0.4 is 15.5 Å². The molecule has 2 N–H and O–H groups in total. The summed E-state index contributed by atoms with van der Waals surface area (Å²) in [5.74, 6) is -0.722. The molecule has 0 aliphatic carbocycles. The van der Waals surface area contributed by atoms with Crippen LogP contribution in [0.2, 0.25) is 5.02 Å². The van der Waals surface area contributed by atoms with E-state index in [0.29, 0.717) is 23.8 Å². The molecule has 1 fully saturated rings. The summed E-state index contributed by atoms with van der Waals surface area (Å²) in [5.41, 5.74) is 1.26. The van der Waals surface area contributed by atoms with E-state index in [1.165, 1.54) is 11.9 Å². The third-order valence-corrected chi connectivity index (χ3v) is 3.84. The Morgan fingerprint density at radius 1 is 1.50 bits per heavy atom. The van der Waals surface area contributed by atoms with E-state index >= 15 is 0 Å². The molecule has 1 aromatic rings. The fraction of sp³-hybridized carbons (Fsp3) is 0.312. The van der Waals surface area contributed by atoms with Crippen molar-refractivity contribution in [2.24, 2.45) is 0 Å². The summed E-state index contributed by atoms with van der Waals surface area (Å²) in [7, 11) is 1.51. The van der Waals surface area contributed by atoms with Crippen molar-refractivity contribution in [2.45, 2.75) is 0 Å². The molecule has 24 heavy (non-hydrogen) atoms. The Bertz CT molecular complexity index is 677. The predicted octanol–water partition coefficient (Wildman–Crippen LogP) is 0.859. The summed E-state index contributed by atoms with van der Waals surface area (Å²) in [6.45, 7) is 4.77.